The van der Waals surface area contributed by atoms with Crippen LogP contribution in [-0.4, -0.2) is 85.4 Å². The van der Waals surface area contributed by atoms with Crippen molar-refractivity contribution >= 4 is 5.91 Å². The molecule has 0 aromatic carbocycles. The number of hydrogen-bond donors (Lipinski definition) is 2. The molecule has 2 N–H and O–H groups in total. The molecule has 1 atom stereocenters. The number of piperazine rings is 1. The zero-order valence-electron chi connectivity index (χ0n) is 14.9. The lowest BCUT2D eigenvalue weighted by molar-refractivity contribution is -0.124. The Morgan fingerprint density at radius 3 is 2.30 bits per heavy atom. The van der Waals surface area contributed by atoms with Crippen molar-refractivity contribution in [1.82, 2.24) is 15.1 Å². The Balaban J connectivity index is 1.65. The number of β-amino-alcohol motifs (C(OH)–C–C–N with tert-alkyl or cyclic N) is 1. The van der Waals surface area contributed by atoms with Gasteiger partial charge in [-0.25, -0.2) is 0 Å². The van der Waals surface area contributed by atoms with Gasteiger partial charge in [0, 0.05) is 52.0 Å². The van der Waals surface area contributed by atoms with Gasteiger partial charge in [-0.1, -0.05) is 20.8 Å². The first-order valence-corrected chi connectivity index (χ1v) is 8.84. The first-order chi connectivity index (χ1) is 10.8. The summed E-state index contributed by atoms with van der Waals surface area (Å²) in [4.78, 5) is 16.6. The zero-order chi connectivity index (χ0) is 16.9. The van der Waals surface area contributed by atoms with Crippen LogP contribution in [0.3, 0.4) is 0 Å². The summed E-state index contributed by atoms with van der Waals surface area (Å²) in [5, 5.41) is 13.3. The summed E-state index contributed by atoms with van der Waals surface area (Å²) in [6, 6.07) is 0.277. The van der Waals surface area contributed by atoms with Crippen LogP contribution >= 0.6 is 0 Å². The molecule has 2 aliphatic rings. The molecule has 0 bridgehead atoms. The minimum atomic E-state index is -0.314. The molecule has 0 unspecified atom stereocenters. The molecule has 0 aromatic rings. The van der Waals surface area contributed by atoms with E-state index in [1.807, 2.05) is 0 Å². The minimum Gasteiger partial charge on any atom is -0.391 e. The van der Waals surface area contributed by atoms with Gasteiger partial charge in [0.25, 0.3) is 0 Å². The Morgan fingerprint density at radius 1 is 1.17 bits per heavy atom. The van der Waals surface area contributed by atoms with Crippen LogP contribution in [0.4, 0.5) is 0 Å². The lowest BCUT2D eigenvalue weighted by Crippen LogP contribution is -2.53. The molecule has 2 rings (SSSR count). The highest BCUT2D eigenvalue weighted by Crippen LogP contribution is 2.20. The van der Waals surface area contributed by atoms with Crippen LogP contribution in [0.2, 0.25) is 0 Å². The quantitative estimate of drug-likeness (QED) is 0.761. The van der Waals surface area contributed by atoms with Crippen molar-refractivity contribution in [2.24, 2.45) is 5.41 Å². The van der Waals surface area contributed by atoms with Gasteiger partial charge in [0.15, 0.2) is 0 Å². The second-order valence-corrected chi connectivity index (χ2v) is 7.91. The fourth-order valence-corrected chi connectivity index (χ4v) is 2.97. The molecule has 1 amide bonds. The van der Waals surface area contributed by atoms with E-state index < -0.39 is 0 Å². The summed E-state index contributed by atoms with van der Waals surface area (Å²) in [7, 11) is 0. The molecule has 134 valence electrons. The van der Waals surface area contributed by atoms with Crippen LogP contribution in [0, 0.1) is 5.41 Å². The van der Waals surface area contributed by atoms with Crippen LogP contribution in [0.1, 0.15) is 33.6 Å². The van der Waals surface area contributed by atoms with Crippen molar-refractivity contribution in [3.8, 4) is 0 Å². The first-order valence-electron chi connectivity index (χ1n) is 8.84. The molecule has 0 aliphatic carbocycles. The predicted molar refractivity (Wildman–Crippen MR) is 90.3 cm³/mol. The molecule has 2 heterocycles. The monoisotopic (exact) mass is 327 g/mol. The number of ether oxygens (including phenoxy) is 1. The highest BCUT2D eigenvalue weighted by atomic mass is 16.5. The van der Waals surface area contributed by atoms with Crippen LogP contribution in [0.15, 0.2) is 0 Å². The summed E-state index contributed by atoms with van der Waals surface area (Å²) < 4.78 is 5.31. The molecule has 6 nitrogen and oxygen atoms in total. The fourth-order valence-electron chi connectivity index (χ4n) is 2.97. The number of hydrogen-bond acceptors (Lipinski definition) is 5. The number of aliphatic hydroxyl groups excluding tert-OH is 1. The van der Waals surface area contributed by atoms with E-state index in [-0.39, 0.29) is 23.5 Å². The third-order valence-corrected chi connectivity index (χ3v) is 4.85. The van der Waals surface area contributed by atoms with Crippen molar-refractivity contribution in [2.45, 2.75) is 45.8 Å². The van der Waals surface area contributed by atoms with E-state index in [0.717, 1.165) is 52.2 Å². The Morgan fingerprint density at radius 2 is 1.74 bits per heavy atom. The number of carbonyl (C=O) groups is 1. The summed E-state index contributed by atoms with van der Waals surface area (Å²) in [6.45, 7) is 12.5. The van der Waals surface area contributed by atoms with Crippen molar-refractivity contribution in [2.75, 3.05) is 52.5 Å². The molecular weight excluding hydrogens is 294 g/mol. The Labute approximate surface area is 140 Å². The Bertz CT molecular complexity index is 370. The average Bonchev–Trinajstić information content (AvgIpc) is 2.49. The maximum absolute atomic E-state index is 12.1. The largest absolute Gasteiger partial charge is 0.391 e. The van der Waals surface area contributed by atoms with E-state index in [9.17, 15) is 9.90 Å². The zero-order valence-corrected chi connectivity index (χ0v) is 14.9. The number of carbonyl (C=O) groups excluding carboxylic acids is 1. The maximum atomic E-state index is 12.1. The molecule has 6 heteroatoms. The molecule has 2 saturated heterocycles. The summed E-state index contributed by atoms with van der Waals surface area (Å²) >= 11 is 0. The number of nitrogens with one attached hydrogen (secondary N) is 1. The molecule has 0 saturated carbocycles. The molecular formula is C17H33N3O3. The van der Waals surface area contributed by atoms with Gasteiger partial charge < -0.3 is 15.2 Å². The molecule has 0 radical (unpaired) electrons. The molecule has 23 heavy (non-hydrogen) atoms. The highest BCUT2D eigenvalue weighted by molar-refractivity contribution is 5.78. The third-order valence-electron chi connectivity index (χ3n) is 4.85. The van der Waals surface area contributed by atoms with Gasteiger partial charge in [-0.15, -0.1) is 0 Å². The fraction of sp³-hybridized carbons (Fsp3) is 0.941. The highest BCUT2D eigenvalue weighted by Gasteiger charge is 2.27. The van der Waals surface area contributed by atoms with E-state index in [1.54, 1.807) is 0 Å². The summed E-state index contributed by atoms with van der Waals surface area (Å²) in [6.07, 6.45) is 1.53. The smallest absolute Gasteiger partial charge is 0.234 e. The predicted octanol–water partition coefficient (Wildman–Crippen LogP) is 0.306. The normalized spacial score (nSPS) is 23.7. The van der Waals surface area contributed by atoms with Gasteiger partial charge in [0.05, 0.1) is 12.6 Å². The van der Waals surface area contributed by atoms with Crippen molar-refractivity contribution in [3.63, 3.8) is 0 Å². The van der Waals surface area contributed by atoms with Crippen molar-refractivity contribution in [1.29, 1.82) is 0 Å². The molecule has 0 spiro atoms. The van der Waals surface area contributed by atoms with Gasteiger partial charge in [-0.2, -0.15) is 0 Å². The van der Waals surface area contributed by atoms with Gasteiger partial charge >= 0.3 is 0 Å². The van der Waals surface area contributed by atoms with Crippen molar-refractivity contribution in [3.05, 3.63) is 0 Å². The Kier molecular flexibility index (Phi) is 6.83. The maximum Gasteiger partial charge on any atom is 0.234 e. The number of amides is 1. The van der Waals surface area contributed by atoms with E-state index in [0.29, 0.717) is 13.1 Å². The lowest BCUT2D eigenvalue weighted by Gasteiger charge is -2.37. The topological polar surface area (TPSA) is 65.0 Å². The molecule has 0 aromatic heterocycles. The van der Waals surface area contributed by atoms with Gasteiger partial charge in [0.1, 0.15) is 0 Å². The van der Waals surface area contributed by atoms with Crippen molar-refractivity contribution < 1.29 is 14.6 Å². The minimum absolute atomic E-state index is 0.0826. The second-order valence-electron chi connectivity index (χ2n) is 7.91. The number of nitrogens with zero attached hydrogens (tertiary/aromatic N) is 2. The van der Waals surface area contributed by atoms with E-state index in [4.69, 9.17) is 4.74 Å². The van der Waals surface area contributed by atoms with Gasteiger partial charge in [-0.05, 0) is 18.3 Å². The van der Waals surface area contributed by atoms with Crippen LogP contribution < -0.4 is 5.32 Å². The van der Waals surface area contributed by atoms with Crippen LogP contribution in [-0.2, 0) is 9.53 Å². The van der Waals surface area contributed by atoms with E-state index in [2.05, 4.69) is 35.9 Å². The molecule has 2 fully saturated rings. The van der Waals surface area contributed by atoms with E-state index in [1.165, 1.54) is 0 Å². The average molecular weight is 327 g/mol. The Hall–Kier alpha value is -0.690. The number of rotatable bonds is 5. The summed E-state index contributed by atoms with van der Waals surface area (Å²) in [5.41, 5.74) is -0.0826. The van der Waals surface area contributed by atoms with E-state index >= 15 is 0 Å². The van der Waals surface area contributed by atoms with Gasteiger partial charge in [-0.3, -0.25) is 14.6 Å². The van der Waals surface area contributed by atoms with Crippen LogP contribution in [0.5, 0.6) is 0 Å². The number of aliphatic hydroxyl groups is 1. The summed E-state index contributed by atoms with van der Waals surface area (Å²) in [5.74, 6) is 0.125. The second kappa shape index (κ2) is 8.42. The first kappa shape index (κ1) is 18.6. The van der Waals surface area contributed by atoms with Gasteiger partial charge in [0.2, 0.25) is 5.91 Å². The third kappa shape index (κ3) is 6.37. The van der Waals surface area contributed by atoms with Crippen LogP contribution in [0.25, 0.3) is 0 Å². The lowest BCUT2D eigenvalue weighted by atomic mass is 9.89. The standard InChI is InChI=1S/C17H33N3O3/c1-17(2,3)15(21)12-19-6-8-20(9-7-19)13-16(22)18-14-4-10-23-11-5-14/h14-15,21H,4-13H2,1-3H3,(H,18,22)/t15-/m0/s1. The molecule has 2 aliphatic heterocycles. The SMILES string of the molecule is CC(C)(C)[C@@H](O)CN1CCN(CC(=O)NC2CCOCC2)CC1.